The molecule has 0 aliphatic carbocycles. The molecule has 16 heteroatoms. The number of halogens is 4. The predicted octanol–water partition coefficient (Wildman–Crippen LogP) is 4.64. The maximum Gasteiger partial charge on any atom is 0.326 e. The van der Waals surface area contributed by atoms with E-state index in [1.165, 1.54) is 41.3 Å². The van der Waals surface area contributed by atoms with Crippen LogP contribution in [0, 0.1) is 0 Å². The molecule has 3 amide bonds. The molecule has 5 N–H and O–H groups in total. The van der Waals surface area contributed by atoms with E-state index in [1.54, 1.807) is 12.1 Å². The van der Waals surface area contributed by atoms with Gasteiger partial charge in [-0.25, -0.2) is 9.59 Å². The van der Waals surface area contributed by atoms with Gasteiger partial charge in [0.1, 0.15) is 12.1 Å². The number of hydrogen-bond acceptors (Lipinski definition) is 6. The highest BCUT2D eigenvalue weighted by atomic mass is 35.5. The molecule has 2 atom stereocenters. The number of carboxylic acid groups (broad SMARTS) is 3. The van der Waals surface area contributed by atoms with Crippen LogP contribution in [0.3, 0.4) is 0 Å². The van der Waals surface area contributed by atoms with E-state index in [-0.39, 0.29) is 44.3 Å². The van der Waals surface area contributed by atoms with Crippen LogP contribution in [0.5, 0.6) is 0 Å². The average Bonchev–Trinajstić information content (AvgIpc) is 2.96. The standard InChI is InChI=1S/C29H25Cl4N3O9/c30-18-3-1-14(9-20(18)32)7-16-12-36(13-17(26(16)41)8-15-2-4-19(31)21(33)10-15)29(45)35-22(5-6-24(37)38)27(42)34-23(28(43)44)11-25(39)40/h1-4,7-10,22-23H,5-6,11-13H2,(H,34,42)(H,35,45)(H,37,38)(H,39,40)(H,43,44)/b16-7+,17-8+/t22-,23-/m0/s1. The molecule has 1 heterocycles. The molecular weight excluding hydrogens is 676 g/mol. The molecule has 0 saturated carbocycles. The number of urea groups is 1. The number of nitrogens with one attached hydrogen (secondary N) is 2. The van der Waals surface area contributed by atoms with Crippen molar-refractivity contribution in [2.24, 2.45) is 0 Å². The number of Topliss-reactive ketones (excluding diaryl/α,β-unsaturated/α-hetero) is 1. The van der Waals surface area contributed by atoms with E-state index in [4.69, 9.17) is 56.6 Å². The predicted molar refractivity (Wildman–Crippen MR) is 166 cm³/mol. The third kappa shape index (κ3) is 10.2. The Labute approximate surface area is 276 Å². The molecule has 2 aromatic rings. The summed E-state index contributed by atoms with van der Waals surface area (Å²) in [5, 5.41) is 32.9. The third-order valence-corrected chi connectivity index (χ3v) is 7.89. The van der Waals surface area contributed by atoms with Gasteiger partial charge in [-0.05, 0) is 54.0 Å². The van der Waals surface area contributed by atoms with Crippen molar-refractivity contribution < 1.29 is 44.1 Å². The molecule has 1 saturated heterocycles. The highest BCUT2D eigenvalue weighted by molar-refractivity contribution is 6.42. The summed E-state index contributed by atoms with van der Waals surface area (Å²) in [6.45, 7) is -0.485. The van der Waals surface area contributed by atoms with Gasteiger partial charge in [-0.1, -0.05) is 58.5 Å². The van der Waals surface area contributed by atoms with Gasteiger partial charge in [-0.3, -0.25) is 19.2 Å². The van der Waals surface area contributed by atoms with Crippen molar-refractivity contribution >= 4 is 94.2 Å². The number of piperidine rings is 1. The molecule has 1 aliphatic rings. The zero-order valence-corrected chi connectivity index (χ0v) is 26.1. The molecule has 0 unspecified atom stereocenters. The summed E-state index contributed by atoms with van der Waals surface area (Å²) in [7, 11) is 0. The fourth-order valence-electron chi connectivity index (χ4n) is 4.21. The summed E-state index contributed by atoms with van der Waals surface area (Å²) in [6.07, 6.45) is 1.02. The highest BCUT2D eigenvalue weighted by Gasteiger charge is 2.33. The Kier molecular flexibility index (Phi) is 12.4. The third-order valence-electron chi connectivity index (χ3n) is 6.42. The van der Waals surface area contributed by atoms with Gasteiger partial charge < -0.3 is 30.9 Å². The van der Waals surface area contributed by atoms with Crippen molar-refractivity contribution in [2.75, 3.05) is 13.1 Å². The summed E-state index contributed by atoms with van der Waals surface area (Å²) >= 11 is 24.3. The number of aliphatic carboxylic acids is 3. The summed E-state index contributed by atoms with van der Waals surface area (Å²) in [4.78, 5) is 74.9. The van der Waals surface area contributed by atoms with Gasteiger partial charge in [0.25, 0.3) is 0 Å². The zero-order chi connectivity index (χ0) is 33.4. The number of likely N-dealkylation sites (tertiary alicyclic amines) is 1. The second-order valence-corrected chi connectivity index (χ2v) is 11.4. The Morgan fingerprint density at radius 3 is 1.69 bits per heavy atom. The fourth-order valence-corrected chi connectivity index (χ4v) is 4.83. The second-order valence-electron chi connectivity index (χ2n) is 9.80. The van der Waals surface area contributed by atoms with Crippen LogP contribution in [0.1, 0.15) is 30.4 Å². The summed E-state index contributed by atoms with van der Waals surface area (Å²) in [5.74, 6) is -5.96. The Bertz CT molecular complexity index is 1540. The van der Waals surface area contributed by atoms with Crippen LogP contribution in [0.2, 0.25) is 20.1 Å². The summed E-state index contributed by atoms with van der Waals surface area (Å²) in [5.41, 5.74) is 1.31. The van der Waals surface area contributed by atoms with Crippen molar-refractivity contribution in [3.05, 3.63) is 78.8 Å². The number of carbonyl (C=O) groups excluding carboxylic acids is 3. The molecule has 1 aliphatic heterocycles. The van der Waals surface area contributed by atoms with Crippen LogP contribution in [-0.4, -0.2) is 81.0 Å². The van der Waals surface area contributed by atoms with Gasteiger partial charge >= 0.3 is 23.9 Å². The molecule has 45 heavy (non-hydrogen) atoms. The molecule has 2 aromatic carbocycles. The van der Waals surface area contributed by atoms with E-state index in [9.17, 15) is 33.9 Å². The lowest BCUT2D eigenvalue weighted by atomic mass is 9.94. The van der Waals surface area contributed by atoms with Crippen molar-refractivity contribution in [1.82, 2.24) is 15.5 Å². The van der Waals surface area contributed by atoms with Crippen LogP contribution in [0.15, 0.2) is 47.5 Å². The van der Waals surface area contributed by atoms with Gasteiger partial charge in [-0.15, -0.1) is 0 Å². The number of amides is 3. The van der Waals surface area contributed by atoms with E-state index >= 15 is 0 Å². The van der Waals surface area contributed by atoms with E-state index in [0.717, 1.165) is 0 Å². The Morgan fingerprint density at radius 2 is 1.27 bits per heavy atom. The van der Waals surface area contributed by atoms with Crippen LogP contribution in [0.4, 0.5) is 4.79 Å². The minimum Gasteiger partial charge on any atom is -0.481 e. The molecule has 0 aromatic heterocycles. The first kappa shape index (κ1) is 35.4. The van der Waals surface area contributed by atoms with Crippen molar-refractivity contribution in [3.8, 4) is 0 Å². The maximum atomic E-state index is 13.5. The van der Waals surface area contributed by atoms with Gasteiger partial charge in [0.05, 0.1) is 39.6 Å². The summed E-state index contributed by atoms with van der Waals surface area (Å²) in [6, 6.07) is 5.03. The monoisotopic (exact) mass is 699 g/mol. The van der Waals surface area contributed by atoms with E-state index < -0.39 is 67.0 Å². The van der Waals surface area contributed by atoms with E-state index in [0.29, 0.717) is 11.1 Å². The molecule has 0 radical (unpaired) electrons. The number of benzene rings is 2. The Balaban J connectivity index is 1.96. The first-order chi connectivity index (χ1) is 21.1. The fraction of sp³-hybridized carbons (Fsp3) is 0.241. The Morgan fingerprint density at radius 1 is 0.756 bits per heavy atom. The van der Waals surface area contributed by atoms with E-state index in [2.05, 4.69) is 5.32 Å². The maximum absolute atomic E-state index is 13.5. The minimum atomic E-state index is -1.84. The lowest BCUT2D eigenvalue weighted by Gasteiger charge is -2.31. The van der Waals surface area contributed by atoms with Crippen LogP contribution in [0.25, 0.3) is 12.2 Å². The molecule has 12 nitrogen and oxygen atoms in total. The average molecular weight is 701 g/mol. The quantitative estimate of drug-likeness (QED) is 0.208. The van der Waals surface area contributed by atoms with Crippen LogP contribution in [-0.2, 0) is 24.0 Å². The smallest absolute Gasteiger partial charge is 0.326 e. The normalized spacial score (nSPS) is 16.3. The van der Waals surface area contributed by atoms with Gasteiger partial charge in [0.15, 0.2) is 5.78 Å². The molecule has 238 valence electrons. The molecule has 0 spiro atoms. The lowest BCUT2D eigenvalue weighted by molar-refractivity contribution is -0.147. The van der Waals surface area contributed by atoms with Gasteiger partial charge in [0.2, 0.25) is 5.91 Å². The SMILES string of the molecule is O=C(O)CC[C@H](NC(=O)N1C/C(=C\c2ccc(Cl)c(Cl)c2)C(=O)/C(=C/c2ccc(Cl)c(Cl)c2)C1)C(=O)N[C@@H](CC(=O)O)C(=O)O. The van der Waals surface area contributed by atoms with Crippen molar-refractivity contribution in [3.63, 3.8) is 0 Å². The van der Waals surface area contributed by atoms with Crippen LogP contribution >= 0.6 is 46.4 Å². The number of carboxylic acids is 3. The number of nitrogens with zero attached hydrogens (tertiary/aromatic N) is 1. The zero-order valence-electron chi connectivity index (χ0n) is 23.1. The number of hydrogen-bond donors (Lipinski definition) is 5. The highest BCUT2D eigenvalue weighted by Crippen LogP contribution is 2.28. The Hall–Kier alpha value is -4.10. The molecule has 3 rings (SSSR count). The lowest BCUT2D eigenvalue weighted by Crippen LogP contribution is -2.55. The van der Waals surface area contributed by atoms with Crippen molar-refractivity contribution in [1.29, 1.82) is 0 Å². The number of carbonyl (C=O) groups is 6. The molecular formula is C29H25Cl4N3O9. The van der Waals surface area contributed by atoms with Gasteiger partial charge in [0, 0.05) is 17.6 Å². The number of rotatable bonds is 11. The van der Waals surface area contributed by atoms with Crippen LogP contribution < -0.4 is 10.6 Å². The first-order valence-electron chi connectivity index (χ1n) is 13.0. The first-order valence-corrected chi connectivity index (χ1v) is 14.5. The minimum absolute atomic E-state index is 0.153. The largest absolute Gasteiger partial charge is 0.481 e. The summed E-state index contributed by atoms with van der Waals surface area (Å²) < 4.78 is 0. The molecule has 1 fully saturated rings. The number of ketones is 1. The topological polar surface area (TPSA) is 190 Å². The molecule has 0 bridgehead atoms. The second kappa shape index (κ2) is 15.8. The van der Waals surface area contributed by atoms with Gasteiger partial charge in [-0.2, -0.15) is 0 Å². The van der Waals surface area contributed by atoms with Crippen molar-refractivity contribution in [2.45, 2.75) is 31.3 Å². The van der Waals surface area contributed by atoms with E-state index in [1.807, 2.05) is 5.32 Å².